The predicted molar refractivity (Wildman–Crippen MR) is 65.8 cm³/mol. The molecule has 0 aliphatic carbocycles. The fraction of sp³-hybridized carbons (Fsp3) is 0.400. The van der Waals surface area contributed by atoms with E-state index in [1.807, 2.05) is 0 Å². The highest BCUT2D eigenvalue weighted by molar-refractivity contribution is 7.10. The van der Waals surface area contributed by atoms with Crippen molar-refractivity contribution in [3.8, 4) is 0 Å². The summed E-state index contributed by atoms with van der Waals surface area (Å²) in [4.78, 5) is 36.6. The van der Waals surface area contributed by atoms with Gasteiger partial charge in [0.05, 0.1) is 5.01 Å². The van der Waals surface area contributed by atoms with Gasteiger partial charge in [0.25, 0.3) is 11.0 Å². The van der Waals surface area contributed by atoms with Crippen LogP contribution in [0, 0.1) is 0 Å². The normalized spacial score (nSPS) is 11.1. The Balaban J connectivity index is 2.78. The van der Waals surface area contributed by atoms with E-state index in [9.17, 15) is 14.4 Å². The molecule has 0 spiro atoms. The average Bonchev–Trinajstić information content (AvgIpc) is 2.61. The summed E-state index contributed by atoms with van der Waals surface area (Å²) in [5.41, 5.74) is 4.08. The molecule has 0 bridgehead atoms. The minimum Gasteiger partial charge on any atom is -0.443 e. The number of rotatable bonds is 5. The van der Waals surface area contributed by atoms with Crippen molar-refractivity contribution in [2.24, 2.45) is 5.73 Å². The molecule has 1 aromatic rings. The number of ketones is 1. The van der Waals surface area contributed by atoms with Gasteiger partial charge in [0.1, 0.15) is 11.3 Å². The van der Waals surface area contributed by atoms with E-state index >= 15 is 0 Å². The van der Waals surface area contributed by atoms with Crippen molar-refractivity contribution in [2.45, 2.75) is 25.9 Å². The molecular weight excluding hydrogens is 280 g/mol. The van der Waals surface area contributed by atoms with Crippen molar-refractivity contribution < 1.29 is 19.1 Å². The lowest BCUT2D eigenvalue weighted by Gasteiger charge is -2.22. The van der Waals surface area contributed by atoms with Crippen molar-refractivity contribution in [1.29, 1.82) is 0 Å². The van der Waals surface area contributed by atoms with Gasteiger partial charge in [0.15, 0.2) is 0 Å². The van der Waals surface area contributed by atoms with E-state index in [4.69, 9.17) is 22.1 Å². The van der Waals surface area contributed by atoms with E-state index in [1.54, 1.807) is 13.8 Å². The first kappa shape index (κ1) is 14.6. The zero-order valence-electron chi connectivity index (χ0n) is 9.73. The maximum absolute atomic E-state index is 11.3. The number of hydrogen-bond acceptors (Lipinski definition) is 6. The molecule has 0 fully saturated rings. The molecule has 0 radical (unpaired) electrons. The van der Waals surface area contributed by atoms with Crippen LogP contribution in [0.3, 0.4) is 0 Å². The highest BCUT2D eigenvalue weighted by Crippen LogP contribution is 2.20. The Bertz CT molecular complexity index is 498. The van der Waals surface area contributed by atoms with Crippen LogP contribution in [0.5, 0.6) is 0 Å². The highest BCUT2D eigenvalue weighted by Gasteiger charge is 2.25. The van der Waals surface area contributed by atoms with E-state index in [1.165, 1.54) is 16.7 Å². The van der Waals surface area contributed by atoms with Crippen molar-refractivity contribution >= 4 is 40.1 Å². The van der Waals surface area contributed by atoms with Crippen molar-refractivity contribution in [3.05, 3.63) is 16.1 Å². The molecule has 6 nitrogen and oxygen atoms in total. The second-order valence-corrected chi connectivity index (χ2v) is 5.37. The van der Waals surface area contributed by atoms with Crippen molar-refractivity contribution in [3.63, 3.8) is 0 Å². The number of carbonyl (C=O) groups excluding carboxylic acids is 3. The van der Waals surface area contributed by atoms with Crippen molar-refractivity contribution in [2.75, 3.05) is 0 Å². The van der Waals surface area contributed by atoms with Gasteiger partial charge >= 0.3 is 6.09 Å². The minimum atomic E-state index is -1.08. The van der Waals surface area contributed by atoms with Gasteiger partial charge in [-0.25, -0.2) is 9.78 Å². The third-order valence-electron chi connectivity index (χ3n) is 1.92. The van der Waals surface area contributed by atoms with Crippen LogP contribution in [0.25, 0.3) is 0 Å². The highest BCUT2D eigenvalue weighted by atomic mass is 35.5. The smallest absolute Gasteiger partial charge is 0.405 e. The number of Topliss-reactive ketones (excluding diaryl/α,β-unsaturated/α-hetero) is 1. The molecule has 1 aromatic heterocycles. The van der Waals surface area contributed by atoms with E-state index in [-0.39, 0.29) is 12.1 Å². The van der Waals surface area contributed by atoms with Gasteiger partial charge in [-0.1, -0.05) is 0 Å². The molecule has 0 atom stereocenters. The third kappa shape index (κ3) is 4.08. The van der Waals surface area contributed by atoms with E-state index in [0.29, 0.717) is 5.01 Å². The number of primary amides is 1. The molecule has 1 rings (SSSR count). The lowest BCUT2D eigenvalue weighted by Crippen LogP contribution is -2.33. The fourth-order valence-corrected chi connectivity index (χ4v) is 2.36. The van der Waals surface area contributed by atoms with Crippen LogP contribution < -0.4 is 5.73 Å². The van der Waals surface area contributed by atoms with Gasteiger partial charge < -0.3 is 10.5 Å². The summed E-state index contributed by atoms with van der Waals surface area (Å²) >= 11 is 6.24. The molecule has 0 saturated carbocycles. The van der Waals surface area contributed by atoms with Crippen molar-refractivity contribution in [1.82, 2.24) is 4.98 Å². The summed E-state index contributed by atoms with van der Waals surface area (Å²) < 4.78 is 4.89. The summed E-state index contributed by atoms with van der Waals surface area (Å²) in [6.45, 7) is 3.32. The first-order valence-electron chi connectivity index (χ1n) is 4.88. The lowest BCUT2D eigenvalue weighted by molar-refractivity contribution is -0.108. The Morgan fingerprint density at radius 3 is 2.61 bits per heavy atom. The molecule has 98 valence electrons. The average molecular weight is 291 g/mol. The summed E-state index contributed by atoms with van der Waals surface area (Å²) in [5.74, 6) is -0.854. The van der Waals surface area contributed by atoms with Gasteiger partial charge in [-0.2, -0.15) is 0 Å². The van der Waals surface area contributed by atoms with Gasteiger partial charge in [-0.3, -0.25) is 9.59 Å². The molecule has 1 heterocycles. The van der Waals surface area contributed by atoms with Crippen LogP contribution in [0.15, 0.2) is 5.38 Å². The molecule has 18 heavy (non-hydrogen) atoms. The zero-order chi connectivity index (χ0) is 13.9. The SMILES string of the molecule is CC(C)(Cc1nc(C(=O)C(=O)Cl)cs1)OC(N)=O. The fourth-order valence-electron chi connectivity index (χ4n) is 1.27. The molecule has 2 N–H and O–H groups in total. The van der Waals surface area contributed by atoms with Crippen LogP contribution in [0.2, 0.25) is 0 Å². The van der Waals surface area contributed by atoms with E-state index in [0.717, 1.165) is 0 Å². The number of thiazole rings is 1. The molecule has 1 amide bonds. The Morgan fingerprint density at radius 2 is 2.11 bits per heavy atom. The zero-order valence-corrected chi connectivity index (χ0v) is 11.3. The lowest BCUT2D eigenvalue weighted by atomic mass is 10.1. The first-order valence-corrected chi connectivity index (χ1v) is 6.14. The first-order chi connectivity index (χ1) is 8.21. The van der Waals surface area contributed by atoms with Crippen LogP contribution in [-0.4, -0.2) is 27.7 Å². The number of halogens is 1. The minimum absolute atomic E-state index is 0.00937. The van der Waals surface area contributed by atoms with Crippen LogP contribution in [0.1, 0.15) is 29.3 Å². The topological polar surface area (TPSA) is 99.3 Å². The van der Waals surface area contributed by atoms with Gasteiger partial charge in [-0.15, -0.1) is 11.3 Å². The van der Waals surface area contributed by atoms with Crippen LogP contribution in [0.4, 0.5) is 4.79 Å². The van der Waals surface area contributed by atoms with Gasteiger partial charge in [-0.05, 0) is 25.4 Å². The number of carbonyl (C=O) groups is 3. The van der Waals surface area contributed by atoms with E-state index in [2.05, 4.69) is 4.98 Å². The number of aromatic nitrogens is 1. The van der Waals surface area contributed by atoms with Crippen LogP contribution in [-0.2, 0) is 16.0 Å². The third-order valence-corrected chi connectivity index (χ3v) is 2.94. The summed E-state index contributed by atoms with van der Waals surface area (Å²) in [7, 11) is 0. The number of hydrogen-bond donors (Lipinski definition) is 1. The molecule has 0 aliphatic rings. The van der Waals surface area contributed by atoms with Gasteiger partial charge in [0, 0.05) is 11.8 Å². The Labute approximate surface area is 112 Å². The monoisotopic (exact) mass is 290 g/mol. The number of nitrogens with two attached hydrogens (primary N) is 1. The van der Waals surface area contributed by atoms with E-state index < -0.39 is 22.7 Å². The maximum atomic E-state index is 11.3. The number of ether oxygens (including phenoxy) is 1. The maximum Gasteiger partial charge on any atom is 0.405 e. The standard InChI is InChI=1S/C10H11ClN2O4S/c1-10(2,17-9(12)16)3-6-13-5(4-18-6)7(14)8(11)15/h4H,3H2,1-2H3,(H2,12,16). The van der Waals surface area contributed by atoms with Gasteiger partial charge in [0.2, 0.25) is 0 Å². The molecular formula is C10H11ClN2O4S. The summed E-state index contributed by atoms with van der Waals surface area (Å²) in [5, 5.41) is 0.889. The number of nitrogens with zero attached hydrogens (tertiary/aromatic N) is 1. The van der Waals surface area contributed by atoms with Crippen LogP contribution >= 0.6 is 22.9 Å². The summed E-state index contributed by atoms with van der Waals surface area (Å²) in [6, 6.07) is 0. The molecule has 8 heteroatoms. The summed E-state index contributed by atoms with van der Waals surface area (Å²) in [6.07, 6.45) is -0.603. The Kier molecular flexibility index (Phi) is 4.42. The molecule has 0 aromatic carbocycles. The second kappa shape index (κ2) is 5.45. The Morgan fingerprint density at radius 1 is 1.50 bits per heavy atom. The quantitative estimate of drug-likeness (QED) is 0.503. The predicted octanol–water partition coefficient (Wildman–Crippen LogP) is 1.51. The molecule has 0 aliphatic heterocycles. The molecule has 0 unspecified atom stereocenters. The number of amides is 1. The second-order valence-electron chi connectivity index (χ2n) is 4.09. The Hall–Kier alpha value is -1.47. The molecule has 0 saturated heterocycles. The largest absolute Gasteiger partial charge is 0.443 e.